The van der Waals surface area contributed by atoms with Crippen LogP contribution in [0.5, 0.6) is 0 Å². The lowest BCUT2D eigenvalue weighted by atomic mass is 10.1. The Morgan fingerprint density at radius 2 is 1.69 bits per heavy atom. The van der Waals surface area contributed by atoms with Gasteiger partial charge in [0, 0.05) is 12.1 Å². The number of amides is 1. The average Bonchev–Trinajstić information content (AvgIpc) is 3.53. The number of benzene rings is 1. The molecule has 1 saturated heterocycles. The fourth-order valence-corrected chi connectivity index (χ4v) is 4.85. The normalized spacial score (nSPS) is 16.0. The summed E-state index contributed by atoms with van der Waals surface area (Å²) in [5, 5.41) is 2.97. The molecule has 2 N–H and O–H groups in total. The van der Waals surface area contributed by atoms with Gasteiger partial charge in [-0.05, 0) is 74.5 Å². The zero-order valence-corrected chi connectivity index (χ0v) is 18.5. The highest BCUT2D eigenvalue weighted by atomic mass is 32.2. The molecule has 0 saturated carbocycles. The maximum Gasteiger partial charge on any atom is 0.251 e. The minimum Gasteiger partial charge on any atom is -0.468 e. The smallest absolute Gasteiger partial charge is 0.251 e. The predicted molar refractivity (Wildman–Crippen MR) is 118 cm³/mol. The third kappa shape index (κ3) is 5.48. The summed E-state index contributed by atoms with van der Waals surface area (Å²) < 4.78 is 38.2. The van der Waals surface area contributed by atoms with Crippen molar-refractivity contribution in [3.05, 3.63) is 78.1 Å². The van der Waals surface area contributed by atoms with E-state index < -0.39 is 10.0 Å². The van der Waals surface area contributed by atoms with Crippen LogP contribution in [0.3, 0.4) is 0 Å². The van der Waals surface area contributed by atoms with E-state index in [0.29, 0.717) is 17.9 Å². The number of furan rings is 2. The van der Waals surface area contributed by atoms with Crippen LogP contribution in [-0.2, 0) is 16.6 Å². The summed E-state index contributed by atoms with van der Waals surface area (Å²) in [4.78, 5) is 15.1. The number of carbonyl (C=O) groups is 1. The molecule has 32 heavy (non-hydrogen) atoms. The van der Waals surface area contributed by atoms with Crippen LogP contribution in [0.1, 0.15) is 47.2 Å². The number of hydrogen-bond donors (Lipinski definition) is 2. The van der Waals surface area contributed by atoms with Crippen LogP contribution in [0.4, 0.5) is 0 Å². The van der Waals surface area contributed by atoms with Gasteiger partial charge < -0.3 is 14.2 Å². The molecule has 1 amide bonds. The Morgan fingerprint density at radius 3 is 2.34 bits per heavy atom. The molecule has 0 spiro atoms. The maximum atomic E-state index is 12.7. The van der Waals surface area contributed by atoms with Gasteiger partial charge >= 0.3 is 0 Å². The highest BCUT2D eigenvalue weighted by Crippen LogP contribution is 2.24. The molecule has 3 heterocycles. The van der Waals surface area contributed by atoms with Crippen LogP contribution in [0, 0.1) is 0 Å². The van der Waals surface area contributed by atoms with Crippen molar-refractivity contribution in [1.82, 2.24) is 14.9 Å². The molecule has 0 radical (unpaired) electrons. The molecule has 1 unspecified atom stereocenters. The lowest BCUT2D eigenvalue weighted by molar-refractivity contribution is 0.0914. The van der Waals surface area contributed by atoms with Gasteiger partial charge in [-0.3, -0.25) is 9.69 Å². The van der Waals surface area contributed by atoms with Crippen LogP contribution in [0.25, 0.3) is 0 Å². The zero-order chi connectivity index (χ0) is 22.4. The molecule has 8 nitrogen and oxygen atoms in total. The number of likely N-dealkylation sites (tertiary alicyclic amines) is 1. The van der Waals surface area contributed by atoms with Gasteiger partial charge in [-0.2, -0.15) is 0 Å². The van der Waals surface area contributed by atoms with Gasteiger partial charge in [0.15, 0.2) is 0 Å². The van der Waals surface area contributed by atoms with Gasteiger partial charge in [0.25, 0.3) is 5.91 Å². The van der Waals surface area contributed by atoms with Gasteiger partial charge in [0.05, 0.1) is 30.0 Å². The number of carbonyl (C=O) groups excluding carboxylic acids is 1. The molecule has 0 aliphatic carbocycles. The Balaban J connectivity index is 1.37. The highest BCUT2D eigenvalue weighted by molar-refractivity contribution is 7.89. The summed E-state index contributed by atoms with van der Waals surface area (Å²) >= 11 is 0. The Labute approximate surface area is 187 Å². The lowest BCUT2D eigenvalue weighted by Crippen LogP contribution is -2.40. The Morgan fingerprint density at radius 1 is 0.969 bits per heavy atom. The molecule has 9 heteroatoms. The molecular formula is C23H27N3O5S. The fraction of sp³-hybridized carbons (Fsp3) is 0.348. The van der Waals surface area contributed by atoms with Crippen molar-refractivity contribution in [1.29, 1.82) is 0 Å². The third-order valence-electron chi connectivity index (χ3n) is 5.60. The summed E-state index contributed by atoms with van der Waals surface area (Å²) in [6.45, 7) is 2.41. The maximum absolute atomic E-state index is 12.7. The van der Waals surface area contributed by atoms with E-state index >= 15 is 0 Å². The summed E-state index contributed by atoms with van der Waals surface area (Å²) in [7, 11) is -3.71. The number of sulfonamides is 1. The quantitative estimate of drug-likeness (QED) is 0.511. The molecule has 1 aliphatic rings. The summed E-state index contributed by atoms with van der Waals surface area (Å²) in [6.07, 6.45) is 6.62. The van der Waals surface area contributed by atoms with Gasteiger partial charge in [-0.1, -0.05) is 6.42 Å². The molecule has 1 aromatic carbocycles. The minimum absolute atomic E-state index is 0.0281. The van der Waals surface area contributed by atoms with Crippen molar-refractivity contribution in [2.75, 3.05) is 19.6 Å². The van der Waals surface area contributed by atoms with E-state index in [1.54, 1.807) is 18.4 Å². The fourth-order valence-electron chi connectivity index (χ4n) is 3.86. The molecule has 170 valence electrons. The van der Waals surface area contributed by atoms with Crippen molar-refractivity contribution in [3.63, 3.8) is 0 Å². The molecular weight excluding hydrogens is 430 g/mol. The molecule has 3 aromatic rings. The summed E-state index contributed by atoms with van der Waals surface area (Å²) in [5.41, 5.74) is 0.395. The van der Waals surface area contributed by atoms with Crippen LogP contribution in [0.15, 0.2) is 74.8 Å². The summed E-state index contributed by atoms with van der Waals surface area (Å²) in [6, 6.07) is 13.0. The van der Waals surface area contributed by atoms with E-state index in [0.717, 1.165) is 31.7 Å². The molecule has 1 fully saturated rings. The first-order valence-electron chi connectivity index (χ1n) is 10.7. The first kappa shape index (κ1) is 22.3. The topological polar surface area (TPSA) is 105 Å². The molecule has 4 rings (SSSR count). The van der Waals surface area contributed by atoms with Crippen molar-refractivity contribution in [2.45, 2.75) is 36.7 Å². The van der Waals surface area contributed by atoms with Crippen LogP contribution < -0.4 is 10.0 Å². The van der Waals surface area contributed by atoms with Crippen LogP contribution in [-0.4, -0.2) is 38.9 Å². The molecule has 0 bridgehead atoms. The third-order valence-corrected chi connectivity index (χ3v) is 7.02. The van der Waals surface area contributed by atoms with Crippen LogP contribution >= 0.6 is 0 Å². The van der Waals surface area contributed by atoms with E-state index in [4.69, 9.17) is 8.83 Å². The highest BCUT2D eigenvalue weighted by Gasteiger charge is 2.25. The van der Waals surface area contributed by atoms with E-state index in [9.17, 15) is 13.2 Å². The monoisotopic (exact) mass is 457 g/mol. The zero-order valence-electron chi connectivity index (χ0n) is 17.7. The second-order valence-corrected chi connectivity index (χ2v) is 9.53. The van der Waals surface area contributed by atoms with Gasteiger partial charge in [-0.25, -0.2) is 13.1 Å². The second-order valence-electron chi connectivity index (χ2n) is 7.77. The van der Waals surface area contributed by atoms with Crippen molar-refractivity contribution in [3.8, 4) is 0 Å². The van der Waals surface area contributed by atoms with Gasteiger partial charge in [0.2, 0.25) is 10.0 Å². The van der Waals surface area contributed by atoms with Crippen molar-refractivity contribution >= 4 is 15.9 Å². The molecule has 2 aromatic heterocycles. The Kier molecular flexibility index (Phi) is 7.09. The minimum atomic E-state index is -3.71. The van der Waals surface area contributed by atoms with Gasteiger partial charge in [-0.15, -0.1) is 0 Å². The number of rotatable bonds is 9. The molecule has 1 aliphatic heterocycles. The van der Waals surface area contributed by atoms with Crippen molar-refractivity contribution in [2.24, 2.45) is 0 Å². The van der Waals surface area contributed by atoms with E-state index in [1.165, 1.54) is 36.9 Å². The number of hydrogen-bond acceptors (Lipinski definition) is 6. The largest absolute Gasteiger partial charge is 0.468 e. The Bertz CT molecular complexity index is 1090. The average molecular weight is 458 g/mol. The summed E-state index contributed by atoms with van der Waals surface area (Å²) in [5.74, 6) is 1.09. The second kappa shape index (κ2) is 10.2. The SMILES string of the molecule is O=C(NCC(c1ccco1)N1CCCCC1)c1ccc(S(=O)(=O)NCc2ccco2)cc1. The van der Waals surface area contributed by atoms with Crippen LogP contribution in [0.2, 0.25) is 0 Å². The Hall–Kier alpha value is -2.88. The first-order valence-corrected chi connectivity index (χ1v) is 12.2. The van der Waals surface area contributed by atoms with E-state index in [1.807, 2.05) is 12.1 Å². The standard InChI is InChI=1S/C23H27N3O5S/c27-23(24-17-21(22-7-5-15-31-22)26-12-2-1-3-13-26)18-8-10-20(11-9-18)32(28,29)25-16-19-6-4-14-30-19/h4-11,14-15,21,25H,1-3,12-13,16-17H2,(H,24,27). The van der Waals surface area contributed by atoms with Gasteiger partial charge in [0.1, 0.15) is 11.5 Å². The number of piperidine rings is 1. The lowest BCUT2D eigenvalue weighted by Gasteiger charge is -2.33. The number of nitrogens with one attached hydrogen (secondary N) is 2. The number of nitrogens with zero attached hydrogens (tertiary/aromatic N) is 1. The predicted octanol–water partition coefficient (Wildman–Crippen LogP) is 3.31. The first-order chi connectivity index (χ1) is 15.5. The van der Waals surface area contributed by atoms with E-state index in [2.05, 4.69) is 14.9 Å². The van der Waals surface area contributed by atoms with E-state index in [-0.39, 0.29) is 23.4 Å². The van der Waals surface area contributed by atoms with Crippen molar-refractivity contribution < 1.29 is 22.0 Å². The molecule has 1 atom stereocenters.